The molecule has 1 aromatic rings. The fourth-order valence-corrected chi connectivity index (χ4v) is 2.46. The summed E-state index contributed by atoms with van der Waals surface area (Å²) >= 11 is 3.42. The van der Waals surface area contributed by atoms with Crippen molar-refractivity contribution in [2.24, 2.45) is 11.5 Å². The average molecular weight is 298 g/mol. The number of anilines is 1. The molecule has 0 unspecified atom stereocenters. The fraction of sp³-hybridized carbons (Fsp3) is 0.417. The van der Waals surface area contributed by atoms with Crippen molar-refractivity contribution in [3.8, 4) is 0 Å². The van der Waals surface area contributed by atoms with Crippen molar-refractivity contribution in [2.75, 3.05) is 18.0 Å². The Morgan fingerprint density at radius 1 is 1.35 bits per heavy atom. The van der Waals surface area contributed by atoms with E-state index in [-0.39, 0.29) is 11.9 Å². The Kier molecular flexibility index (Phi) is 3.69. The summed E-state index contributed by atoms with van der Waals surface area (Å²) in [5, 5.41) is 0. The summed E-state index contributed by atoms with van der Waals surface area (Å²) in [5.74, 6) is -0.387. The van der Waals surface area contributed by atoms with Gasteiger partial charge in [-0.25, -0.2) is 0 Å². The van der Waals surface area contributed by atoms with E-state index in [1.54, 1.807) is 6.07 Å². The van der Waals surface area contributed by atoms with Gasteiger partial charge in [0.2, 0.25) is 0 Å². The maximum absolute atomic E-state index is 11.4. The predicted molar refractivity (Wildman–Crippen MR) is 72.1 cm³/mol. The molecule has 2 rings (SSSR count). The molecule has 0 aromatic heterocycles. The topological polar surface area (TPSA) is 72.4 Å². The van der Waals surface area contributed by atoms with E-state index in [0.717, 1.165) is 36.1 Å². The zero-order chi connectivity index (χ0) is 12.4. The molecule has 1 aromatic carbocycles. The number of benzene rings is 1. The molecular formula is C12H16BrN3O. The summed E-state index contributed by atoms with van der Waals surface area (Å²) in [7, 11) is 0. The number of piperidine rings is 1. The van der Waals surface area contributed by atoms with Gasteiger partial charge in [-0.05, 0) is 31.0 Å². The van der Waals surface area contributed by atoms with Crippen molar-refractivity contribution in [1.82, 2.24) is 0 Å². The van der Waals surface area contributed by atoms with E-state index in [1.807, 2.05) is 12.1 Å². The molecule has 1 aliphatic rings. The van der Waals surface area contributed by atoms with Crippen LogP contribution in [0.25, 0.3) is 0 Å². The highest BCUT2D eigenvalue weighted by atomic mass is 79.9. The first-order valence-electron chi connectivity index (χ1n) is 5.68. The zero-order valence-corrected chi connectivity index (χ0v) is 11.1. The second kappa shape index (κ2) is 5.06. The molecule has 92 valence electrons. The number of hydrogen-bond acceptors (Lipinski definition) is 3. The minimum Gasteiger partial charge on any atom is -0.371 e. The van der Waals surface area contributed by atoms with E-state index in [9.17, 15) is 4.79 Å². The van der Waals surface area contributed by atoms with Crippen LogP contribution in [0.1, 0.15) is 23.2 Å². The van der Waals surface area contributed by atoms with Crippen LogP contribution in [0.2, 0.25) is 0 Å². The molecule has 1 amide bonds. The van der Waals surface area contributed by atoms with E-state index >= 15 is 0 Å². The van der Waals surface area contributed by atoms with E-state index in [2.05, 4.69) is 20.8 Å². The van der Waals surface area contributed by atoms with E-state index in [1.165, 1.54) is 0 Å². The fourth-order valence-electron chi connectivity index (χ4n) is 2.12. The van der Waals surface area contributed by atoms with E-state index in [0.29, 0.717) is 5.56 Å². The Bertz CT molecular complexity index is 428. The first kappa shape index (κ1) is 12.4. The highest BCUT2D eigenvalue weighted by Gasteiger charge is 2.20. The molecule has 5 heteroatoms. The second-order valence-electron chi connectivity index (χ2n) is 4.35. The number of halogens is 1. The third-order valence-electron chi connectivity index (χ3n) is 3.11. The molecule has 0 radical (unpaired) electrons. The van der Waals surface area contributed by atoms with Crippen LogP contribution in [0.3, 0.4) is 0 Å². The third-order valence-corrected chi connectivity index (χ3v) is 3.60. The lowest BCUT2D eigenvalue weighted by Crippen LogP contribution is -2.40. The number of amides is 1. The molecule has 0 aliphatic carbocycles. The SMILES string of the molecule is NC(=O)c1ccc(Br)cc1N1CCC(N)CC1. The summed E-state index contributed by atoms with van der Waals surface area (Å²) in [6.45, 7) is 1.75. The lowest BCUT2D eigenvalue weighted by Gasteiger charge is -2.33. The van der Waals surface area contributed by atoms with Crippen molar-refractivity contribution < 1.29 is 4.79 Å². The minimum atomic E-state index is -0.387. The number of nitrogens with zero attached hydrogens (tertiary/aromatic N) is 1. The van der Waals surface area contributed by atoms with Gasteiger partial charge in [0.15, 0.2) is 0 Å². The van der Waals surface area contributed by atoms with Crippen molar-refractivity contribution in [3.05, 3.63) is 28.2 Å². The molecule has 1 heterocycles. The Labute approximate surface area is 109 Å². The molecule has 17 heavy (non-hydrogen) atoms. The molecule has 1 aliphatic heterocycles. The van der Waals surface area contributed by atoms with E-state index in [4.69, 9.17) is 11.5 Å². The maximum atomic E-state index is 11.4. The van der Waals surface area contributed by atoms with Gasteiger partial charge in [-0.1, -0.05) is 15.9 Å². The number of carbonyl (C=O) groups excluding carboxylic acids is 1. The summed E-state index contributed by atoms with van der Waals surface area (Å²) in [6.07, 6.45) is 1.90. The molecule has 1 saturated heterocycles. The van der Waals surface area contributed by atoms with Gasteiger partial charge >= 0.3 is 0 Å². The van der Waals surface area contributed by atoms with E-state index < -0.39 is 0 Å². The van der Waals surface area contributed by atoms with Crippen LogP contribution in [0, 0.1) is 0 Å². The zero-order valence-electron chi connectivity index (χ0n) is 9.53. The number of hydrogen-bond donors (Lipinski definition) is 2. The molecule has 0 saturated carbocycles. The van der Waals surface area contributed by atoms with Gasteiger partial charge < -0.3 is 16.4 Å². The molecule has 1 fully saturated rings. The first-order valence-corrected chi connectivity index (χ1v) is 6.47. The molecule has 0 spiro atoms. The highest BCUT2D eigenvalue weighted by molar-refractivity contribution is 9.10. The lowest BCUT2D eigenvalue weighted by atomic mass is 10.0. The van der Waals surface area contributed by atoms with Gasteiger partial charge in [0.1, 0.15) is 0 Å². The standard InChI is InChI=1S/C12H16BrN3O/c13-8-1-2-10(12(15)17)11(7-8)16-5-3-9(14)4-6-16/h1-2,7,9H,3-6,14H2,(H2,15,17). The van der Waals surface area contributed by atoms with Gasteiger partial charge in [0.05, 0.1) is 11.3 Å². The van der Waals surface area contributed by atoms with Gasteiger partial charge in [0, 0.05) is 23.6 Å². The molecule has 0 bridgehead atoms. The molecular weight excluding hydrogens is 282 g/mol. The molecule has 0 atom stereocenters. The number of primary amides is 1. The first-order chi connectivity index (χ1) is 8.08. The smallest absolute Gasteiger partial charge is 0.250 e. The number of nitrogens with two attached hydrogens (primary N) is 2. The van der Waals surface area contributed by atoms with Crippen LogP contribution in [-0.4, -0.2) is 25.0 Å². The Morgan fingerprint density at radius 2 is 2.00 bits per heavy atom. The maximum Gasteiger partial charge on any atom is 0.250 e. The van der Waals surface area contributed by atoms with Gasteiger partial charge in [0.25, 0.3) is 5.91 Å². The second-order valence-corrected chi connectivity index (χ2v) is 5.27. The minimum absolute atomic E-state index is 0.274. The van der Waals surface area contributed by atoms with Gasteiger partial charge in [-0.15, -0.1) is 0 Å². The Hall–Kier alpha value is -1.07. The van der Waals surface area contributed by atoms with Crippen molar-refractivity contribution >= 4 is 27.5 Å². The number of rotatable bonds is 2. The normalized spacial score (nSPS) is 17.2. The summed E-state index contributed by atoms with van der Waals surface area (Å²) in [5.41, 5.74) is 12.7. The van der Waals surface area contributed by atoms with Crippen molar-refractivity contribution in [2.45, 2.75) is 18.9 Å². The predicted octanol–water partition coefficient (Wildman–Crippen LogP) is 1.48. The number of carbonyl (C=O) groups is 1. The van der Waals surface area contributed by atoms with Crippen LogP contribution in [0.4, 0.5) is 5.69 Å². The van der Waals surface area contributed by atoms with Crippen LogP contribution in [0.15, 0.2) is 22.7 Å². The quantitative estimate of drug-likeness (QED) is 0.868. The van der Waals surface area contributed by atoms with Gasteiger partial charge in [-0.3, -0.25) is 4.79 Å². The van der Waals surface area contributed by atoms with Crippen LogP contribution in [-0.2, 0) is 0 Å². The van der Waals surface area contributed by atoms with Crippen LogP contribution in [0.5, 0.6) is 0 Å². The van der Waals surface area contributed by atoms with Gasteiger partial charge in [-0.2, -0.15) is 0 Å². The lowest BCUT2D eigenvalue weighted by molar-refractivity contribution is 0.100. The largest absolute Gasteiger partial charge is 0.371 e. The molecule has 4 nitrogen and oxygen atoms in total. The third kappa shape index (κ3) is 2.79. The Morgan fingerprint density at radius 3 is 2.59 bits per heavy atom. The van der Waals surface area contributed by atoms with Crippen molar-refractivity contribution in [1.29, 1.82) is 0 Å². The molecule has 4 N–H and O–H groups in total. The Balaban J connectivity index is 2.30. The summed E-state index contributed by atoms with van der Waals surface area (Å²) in [4.78, 5) is 13.6. The van der Waals surface area contributed by atoms with Crippen LogP contribution >= 0.6 is 15.9 Å². The van der Waals surface area contributed by atoms with Crippen LogP contribution < -0.4 is 16.4 Å². The van der Waals surface area contributed by atoms with Crippen molar-refractivity contribution in [3.63, 3.8) is 0 Å². The average Bonchev–Trinajstić information content (AvgIpc) is 2.29. The highest BCUT2D eigenvalue weighted by Crippen LogP contribution is 2.27. The summed E-state index contributed by atoms with van der Waals surface area (Å²) in [6, 6.07) is 5.81. The monoisotopic (exact) mass is 297 g/mol. The summed E-state index contributed by atoms with van der Waals surface area (Å²) < 4.78 is 0.951.